The van der Waals surface area contributed by atoms with Crippen molar-refractivity contribution in [2.45, 2.75) is 37.0 Å². The lowest BCUT2D eigenvalue weighted by atomic mass is 10.1. The van der Waals surface area contributed by atoms with E-state index in [0.717, 1.165) is 18.4 Å². The molecular weight excluding hydrogens is 429 g/mol. The topological polar surface area (TPSA) is 64.0 Å². The average molecular weight is 448 g/mol. The molecule has 0 atom stereocenters. The van der Waals surface area contributed by atoms with Crippen LogP contribution in [-0.2, 0) is 17.8 Å². The van der Waals surface area contributed by atoms with Gasteiger partial charge in [0.25, 0.3) is 5.56 Å². The summed E-state index contributed by atoms with van der Waals surface area (Å²) in [4.78, 5) is 29.8. The van der Waals surface area contributed by atoms with Gasteiger partial charge in [-0.2, -0.15) is 0 Å². The maximum Gasteiger partial charge on any atom is 0.262 e. The smallest absolute Gasteiger partial charge is 0.262 e. The van der Waals surface area contributed by atoms with Gasteiger partial charge in [-0.05, 0) is 49.1 Å². The van der Waals surface area contributed by atoms with Crippen molar-refractivity contribution >= 4 is 51.8 Å². The molecule has 0 radical (unpaired) electrons. The molecule has 2 aromatic carbocycles. The number of rotatable bonds is 7. The van der Waals surface area contributed by atoms with Crippen molar-refractivity contribution in [2.24, 2.45) is 0 Å². The normalized spacial score (nSPS) is 13.6. The van der Waals surface area contributed by atoms with E-state index in [9.17, 15) is 9.59 Å². The van der Waals surface area contributed by atoms with Crippen LogP contribution in [0.5, 0.6) is 0 Å². The Labute approximate surface area is 182 Å². The van der Waals surface area contributed by atoms with Gasteiger partial charge < -0.3 is 5.32 Å². The van der Waals surface area contributed by atoms with Crippen molar-refractivity contribution in [3.63, 3.8) is 0 Å². The van der Waals surface area contributed by atoms with E-state index in [1.54, 1.807) is 22.8 Å². The molecule has 1 aliphatic rings. The van der Waals surface area contributed by atoms with E-state index in [2.05, 4.69) is 10.3 Å². The number of fused-ring (bicyclic) bond motifs is 1. The molecule has 0 spiro atoms. The number of hydrogen-bond acceptors (Lipinski definition) is 4. The standard InChI is InChI=1S/C21H19Cl2N3O2S/c22-14-6-5-13(17(23)11-14)9-10-26-20(28)16-3-1-2-4-18(16)25-21(26)29-12-19(27)24-15-7-8-15/h1-6,11,15H,7-10,12H2,(H,24,27). The molecule has 29 heavy (non-hydrogen) atoms. The third-order valence-corrected chi connectivity index (χ3v) is 6.28. The molecule has 0 bridgehead atoms. The molecule has 1 N–H and O–H groups in total. The molecule has 5 nitrogen and oxygen atoms in total. The molecular formula is C21H19Cl2N3O2S. The first-order chi connectivity index (χ1) is 14.0. The summed E-state index contributed by atoms with van der Waals surface area (Å²) in [6.07, 6.45) is 2.63. The fourth-order valence-electron chi connectivity index (χ4n) is 3.04. The minimum absolute atomic E-state index is 0.0350. The first kappa shape index (κ1) is 20.3. The number of thioether (sulfide) groups is 1. The number of aryl methyl sites for hydroxylation is 1. The monoisotopic (exact) mass is 447 g/mol. The fourth-order valence-corrected chi connectivity index (χ4v) is 4.38. The molecule has 4 rings (SSSR count). The summed E-state index contributed by atoms with van der Waals surface area (Å²) < 4.78 is 1.63. The van der Waals surface area contributed by atoms with E-state index in [1.807, 2.05) is 24.3 Å². The van der Waals surface area contributed by atoms with Crippen LogP contribution in [0.1, 0.15) is 18.4 Å². The second-order valence-corrected chi connectivity index (χ2v) is 8.77. The molecule has 150 valence electrons. The Kier molecular flexibility index (Phi) is 6.13. The first-order valence-electron chi connectivity index (χ1n) is 9.37. The van der Waals surface area contributed by atoms with Crippen LogP contribution in [0.15, 0.2) is 52.4 Å². The third kappa shape index (κ3) is 4.94. The van der Waals surface area contributed by atoms with Gasteiger partial charge >= 0.3 is 0 Å². The molecule has 0 saturated heterocycles. The first-order valence-corrected chi connectivity index (χ1v) is 11.1. The minimum atomic E-state index is -0.120. The average Bonchev–Trinajstić information content (AvgIpc) is 3.51. The zero-order valence-corrected chi connectivity index (χ0v) is 17.9. The molecule has 1 heterocycles. The van der Waals surface area contributed by atoms with Crippen LogP contribution < -0.4 is 10.9 Å². The summed E-state index contributed by atoms with van der Waals surface area (Å²) in [7, 11) is 0. The highest BCUT2D eigenvalue weighted by Gasteiger charge is 2.23. The maximum absolute atomic E-state index is 13.1. The SMILES string of the molecule is O=C(CSc1nc2ccccc2c(=O)n1CCc1ccc(Cl)cc1Cl)NC1CC1. The van der Waals surface area contributed by atoms with Crippen molar-refractivity contribution in [2.75, 3.05) is 5.75 Å². The number of nitrogens with zero attached hydrogens (tertiary/aromatic N) is 2. The summed E-state index contributed by atoms with van der Waals surface area (Å²) in [6, 6.07) is 12.9. The van der Waals surface area contributed by atoms with E-state index in [1.165, 1.54) is 11.8 Å². The highest BCUT2D eigenvalue weighted by molar-refractivity contribution is 7.99. The van der Waals surface area contributed by atoms with Gasteiger partial charge in [0.15, 0.2) is 5.16 Å². The van der Waals surface area contributed by atoms with Crippen LogP contribution in [0.4, 0.5) is 0 Å². The number of carbonyl (C=O) groups is 1. The number of aromatic nitrogens is 2. The highest BCUT2D eigenvalue weighted by atomic mass is 35.5. The number of amides is 1. The molecule has 1 fully saturated rings. The quantitative estimate of drug-likeness (QED) is 0.432. The van der Waals surface area contributed by atoms with Gasteiger partial charge in [0.1, 0.15) is 0 Å². The van der Waals surface area contributed by atoms with Gasteiger partial charge in [0, 0.05) is 22.6 Å². The van der Waals surface area contributed by atoms with E-state index < -0.39 is 0 Å². The van der Waals surface area contributed by atoms with Crippen molar-refractivity contribution < 1.29 is 4.79 Å². The van der Waals surface area contributed by atoms with Crippen LogP contribution in [0.3, 0.4) is 0 Å². The number of nitrogens with one attached hydrogen (secondary N) is 1. The van der Waals surface area contributed by atoms with Crippen LogP contribution in [0.2, 0.25) is 10.0 Å². The van der Waals surface area contributed by atoms with Gasteiger partial charge in [-0.25, -0.2) is 4.98 Å². The second-order valence-electron chi connectivity index (χ2n) is 6.98. The largest absolute Gasteiger partial charge is 0.353 e. The summed E-state index contributed by atoms with van der Waals surface area (Å²) >= 11 is 13.5. The molecule has 1 aliphatic carbocycles. The Morgan fingerprint density at radius 2 is 2.00 bits per heavy atom. The molecule has 1 saturated carbocycles. The molecule has 0 aliphatic heterocycles. The Hall–Kier alpha value is -2.02. The zero-order valence-electron chi connectivity index (χ0n) is 15.5. The van der Waals surface area contributed by atoms with Crippen molar-refractivity contribution in [1.82, 2.24) is 14.9 Å². The Morgan fingerprint density at radius 1 is 1.21 bits per heavy atom. The van der Waals surface area contributed by atoms with E-state index >= 15 is 0 Å². The molecule has 1 amide bonds. The molecule has 0 unspecified atom stereocenters. The number of carbonyl (C=O) groups excluding carboxylic acids is 1. The molecule has 3 aromatic rings. The van der Waals surface area contributed by atoms with Gasteiger partial charge in [-0.15, -0.1) is 0 Å². The maximum atomic E-state index is 13.1. The third-order valence-electron chi connectivity index (χ3n) is 4.72. The van der Waals surface area contributed by atoms with Gasteiger partial charge in [0.2, 0.25) is 5.91 Å². The summed E-state index contributed by atoms with van der Waals surface area (Å²) in [5.74, 6) is 0.190. The number of para-hydroxylation sites is 1. The number of hydrogen-bond donors (Lipinski definition) is 1. The Bertz CT molecular complexity index is 1130. The van der Waals surface area contributed by atoms with Crippen molar-refractivity contribution in [1.29, 1.82) is 0 Å². The lowest BCUT2D eigenvalue weighted by Crippen LogP contribution is -2.28. The predicted octanol–water partition coefficient (Wildman–Crippen LogP) is 4.32. The van der Waals surface area contributed by atoms with E-state index in [0.29, 0.717) is 45.1 Å². The van der Waals surface area contributed by atoms with E-state index in [-0.39, 0.29) is 17.2 Å². The number of halogens is 2. The van der Waals surface area contributed by atoms with Gasteiger partial charge in [-0.1, -0.05) is 53.2 Å². The number of benzene rings is 2. The fraction of sp³-hybridized carbons (Fsp3) is 0.286. The van der Waals surface area contributed by atoms with Gasteiger partial charge in [0.05, 0.1) is 16.7 Å². The Balaban J connectivity index is 1.61. The molecule has 8 heteroatoms. The summed E-state index contributed by atoms with van der Waals surface area (Å²) in [5, 5.41) is 5.19. The lowest BCUT2D eigenvalue weighted by molar-refractivity contribution is -0.118. The van der Waals surface area contributed by atoms with Crippen LogP contribution >= 0.6 is 35.0 Å². The molecule has 1 aromatic heterocycles. The van der Waals surface area contributed by atoms with E-state index in [4.69, 9.17) is 23.2 Å². The second kappa shape index (κ2) is 8.78. The summed E-state index contributed by atoms with van der Waals surface area (Å²) in [5.41, 5.74) is 1.41. The summed E-state index contributed by atoms with van der Waals surface area (Å²) in [6.45, 7) is 0.407. The zero-order chi connectivity index (χ0) is 20.4. The van der Waals surface area contributed by atoms with Crippen LogP contribution in [0.25, 0.3) is 10.9 Å². The highest BCUT2D eigenvalue weighted by Crippen LogP contribution is 2.24. The Morgan fingerprint density at radius 3 is 2.76 bits per heavy atom. The van der Waals surface area contributed by atoms with Gasteiger partial charge in [-0.3, -0.25) is 14.2 Å². The predicted molar refractivity (Wildman–Crippen MR) is 118 cm³/mol. The van der Waals surface area contributed by atoms with Crippen LogP contribution in [-0.4, -0.2) is 27.3 Å². The minimum Gasteiger partial charge on any atom is -0.353 e. The van der Waals surface area contributed by atoms with Crippen molar-refractivity contribution in [3.8, 4) is 0 Å². The van der Waals surface area contributed by atoms with Crippen molar-refractivity contribution in [3.05, 3.63) is 68.4 Å². The lowest BCUT2D eigenvalue weighted by Gasteiger charge is -2.14. The van der Waals surface area contributed by atoms with Crippen LogP contribution in [0, 0.1) is 0 Å².